The van der Waals surface area contributed by atoms with Crippen molar-refractivity contribution in [2.75, 3.05) is 7.11 Å². The van der Waals surface area contributed by atoms with Crippen molar-refractivity contribution in [1.29, 1.82) is 0 Å². The van der Waals surface area contributed by atoms with Crippen LogP contribution in [0.5, 0.6) is 0 Å². The summed E-state index contributed by atoms with van der Waals surface area (Å²) in [6.45, 7) is 2.15. The van der Waals surface area contributed by atoms with Crippen molar-refractivity contribution in [3.05, 3.63) is 36.0 Å². The van der Waals surface area contributed by atoms with Crippen molar-refractivity contribution in [3.8, 4) is 0 Å². The van der Waals surface area contributed by atoms with Crippen LogP contribution >= 0.6 is 0 Å². The number of nitrogens with zero attached hydrogens (tertiary/aromatic N) is 1. The zero-order chi connectivity index (χ0) is 9.26. The van der Waals surface area contributed by atoms with E-state index >= 15 is 0 Å². The first-order valence-electron chi connectivity index (χ1n) is 4.50. The van der Waals surface area contributed by atoms with E-state index in [4.69, 9.17) is 4.84 Å². The fourth-order valence-electron chi connectivity index (χ4n) is 1.65. The smallest absolute Gasteiger partial charge is 0.104 e. The molecule has 0 bridgehead atoms. The summed E-state index contributed by atoms with van der Waals surface area (Å²) in [7, 11) is 1.69. The van der Waals surface area contributed by atoms with E-state index in [9.17, 15) is 0 Å². The van der Waals surface area contributed by atoms with E-state index in [-0.39, 0.29) is 0 Å². The maximum atomic E-state index is 5.23. The lowest BCUT2D eigenvalue weighted by Gasteiger charge is -2.00. The fraction of sp³-hybridized carbons (Fsp3) is 0.273. The molecule has 0 amide bonds. The minimum atomic E-state index is 1.04. The third-order valence-corrected chi connectivity index (χ3v) is 2.34. The number of hydrogen-bond donors (Lipinski definition) is 0. The molecule has 13 heavy (non-hydrogen) atoms. The van der Waals surface area contributed by atoms with Gasteiger partial charge in [-0.2, -0.15) is 4.73 Å². The SMILES string of the molecule is CCc1cn(OC)c2ccccc12. The largest absolute Gasteiger partial charge is 0.417 e. The van der Waals surface area contributed by atoms with Crippen LogP contribution in [0.15, 0.2) is 30.5 Å². The standard InChI is InChI=1S/C11H13NO/c1-3-9-8-12(13-2)11-7-5-4-6-10(9)11/h4-8H,3H2,1-2H3. The fourth-order valence-corrected chi connectivity index (χ4v) is 1.65. The molecular weight excluding hydrogens is 162 g/mol. The third kappa shape index (κ3) is 1.18. The zero-order valence-corrected chi connectivity index (χ0v) is 7.95. The first-order valence-corrected chi connectivity index (χ1v) is 4.50. The maximum Gasteiger partial charge on any atom is 0.104 e. The molecule has 2 rings (SSSR count). The molecule has 0 fully saturated rings. The van der Waals surface area contributed by atoms with Crippen molar-refractivity contribution in [2.45, 2.75) is 13.3 Å². The second-order valence-electron chi connectivity index (χ2n) is 3.03. The topological polar surface area (TPSA) is 14.2 Å². The Morgan fingerprint density at radius 3 is 2.77 bits per heavy atom. The molecule has 68 valence electrons. The highest BCUT2D eigenvalue weighted by molar-refractivity contribution is 5.83. The average Bonchev–Trinajstić information content (AvgIpc) is 2.56. The summed E-state index contributed by atoms with van der Waals surface area (Å²) in [4.78, 5) is 5.23. The van der Waals surface area contributed by atoms with Gasteiger partial charge in [-0.1, -0.05) is 25.1 Å². The summed E-state index contributed by atoms with van der Waals surface area (Å²) in [5.41, 5.74) is 2.47. The predicted molar refractivity (Wildman–Crippen MR) is 53.8 cm³/mol. The van der Waals surface area contributed by atoms with Crippen molar-refractivity contribution in [3.63, 3.8) is 0 Å². The van der Waals surface area contributed by atoms with E-state index in [0.29, 0.717) is 0 Å². The number of aryl methyl sites for hydroxylation is 1. The Morgan fingerprint density at radius 2 is 2.08 bits per heavy atom. The Morgan fingerprint density at radius 1 is 1.31 bits per heavy atom. The summed E-state index contributed by atoms with van der Waals surface area (Å²) in [5.74, 6) is 0. The van der Waals surface area contributed by atoms with Gasteiger partial charge in [-0.15, -0.1) is 0 Å². The Hall–Kier alpha value is -1.44. The minimum Gasteiger partial charge on any atom is -0.417 e. The van der Waals surface area contributed by atoms with Crippen molar-refractivity contribution in [2.24, 2.45) is 0 Å². The van der Waals surface area contributed by atoms with E-state index in [1.807, 2.05) is 17.0 Å². The molecule has 2 heteroatoms. The molecule has 0 atom stereocenters. The van der Waals surface area contributed by atoms with Crippen LogP contribution in [0.4, 0.5) is 0 Å². The summed E-state index contributed by atoms with van der Waals surface area (Å²) >= 11 is 0. The van der Waals surface area contributed by atoms with Crippen molar-refractivity contribution in [1.82, 2.24) is 4.73 Å². The maximum absolute atomic E-state index is 5.23. The van der Waals surface area contributed by atoms with E-state index in [1.165, 1.54) is 10.9 Å². The molecule has 2 nitrogen and oxygen atoms in total. The van der Waals surface area contributed by atoms with Crippen LogP contribution in [0, 0.1) is 0 Å². The molecule has 2 aromatic rings. The number of fused-ring (bicyclic) bond motifs is 1. The monoisotopic (exact) mass is 175 g/mol. The van der Waals surface area contributed by atoms with Gasteiger partial charge in [0.05, 0.1) is 5.52 Å². The first-order chi connectivity index (χ1) is 6.36. The molecule has 0 saturated carbocycles. The Kier molecular flexibility index (Phi) is 1.97. The normalized spacial score (nSPS) is 10.6. The predicted octanol–water partition coefficient (Wildman–Crippen LogP) is 2.26. The van der Waals surface area contributed by atoms with Crippen molar-refractivity contribution >= 4 is 10.9 Å². The van der Waals surface area contributed by atoms with Gasteiger partial charge in [-0.3, -0.25) is 0 Å². The van der Waals surface area contributed by atoms with E-state index < -0.39 is 0 Å². The number of rotatable bonds is 2. The second-order valence-corrected chi connectivity index (χ2v) is 3.03. The summed E-state index contributed by atoms with van der Waals surface area (Å²) in [5, 5.41) is 1.28. The molecule has 0 unspecified atom stereocenters. The Labute approximate surface area is 77.7 Å². The van der Waals surface area contributed by atoms with Gasteiger partial charge >= 0.3 is 0 Å². The molecule has 0 radical (unpaired) electrons. The molecule has 1 heterocycles. The molecule has 0 aliphatic rings. The van der Waals surface area contributed by atoms with Crippen LogP contribution in [0.1, 0.15) is 12.5 Å². The van der Waals surface area contributed by atoms with E-state index in [0.717, 1.165) is 11.9 Å². The quantitative estimate of drug-likeness (QED) is 0.683. The summed E-state index contributed by atoms with van der Waals surface area (Å²) in [6.07, 6.45) is 3.08. The molecule has 0 aliphatic carbocycles. The average molecular weight is 175 g/mol. The highest BCUT2D eigenvalue weighted by atomic mass is 16.6. The third-order valence-electron chi connectivity index (χ3n) is 2.34. The van der Waals surface area contributed by atoms with Crippen LogP contribution in [0.2, 0.25) is 0 Å². The van der Waals surface area contributed by atoms with Crippen LogP contribution < -0.4 is 4.84 Å². The first kappa shape index (κ1) is 8.17. The lowest BCUT2D eigenvalue weighted by Crippen LogP contribution is -2.02. The van der Waals surface area contributed by atoms with Gasteiger partial charge in [-0.25, -0.2) is 0 Å². The van der Waals surface area contributed by atoms with Crippen molar-refractivity contribution < 1.29 is 4.84 Å². The Balaban J connectivity index is 2.74. The van der Waals surface area contributed by atoms with Gasteiger partial charge in [0.25, 0.3) is 0 Å². The molecule has 0 spiro atoms. The van der Waals surface area contributed by atoms with Gasteiger partial charge in [-0.05, 0) is 18.1 Å². The van der Waals surface area contributed by atoms with Crippen LogP contribution in [-0.2, 0) is 6.42 Å². The van der Waals surface area contributed by atoms with E-state index in [2.05, 4.69) is 25.1 Å². The number of benzene rings is 1. The number of para-hydroxylation sites is 1. The highest BCUT2D eigenvalue weighted by Gasteiger charge is 2.05. The van der Waals surface area contributed by atoms with Crippen LogP contribution in [-0.4, -0.2) is 11.8 Å². The zero-order valence-electron chi connectivity index (χ0n) is 7.95. The minimum absolute atomic E-state index is 1.04. The summed E-state index contributed by atoms with van der Waals surface area (Å²) < 4.78 is 1.81. The van der Waals surface area contributed by atoms with Crippen LogP contribution in [0.25, 0.3) is 10.9 Å². The van der Waals surface area contributed by atoms with Gasteiger partial charge in [0, 0.05) is 11.6 Å². The number of aromatic nitrogens is 1. The van der Waals surface area contributed by atoms with Gasteiger partial charge < -0.3 is 4.84 Å². The van der Waals surface area contributed by atoms with Gasteiger partial charge in [0.15, 0.2) is 0 Å². The molecule has 1 aromatic heterocycles. The molecule has 0 saturated heterocycles. The van der Waals surface area contributed by atoms with Gasteiger partial charge in [0.1, 0.15) is 7.11 Å². The Bertz CT molecular complexity index is 379. The summed E-state index contributed by atoms with van der Waals surface area (Å²) in [6, 6.07) is 8.28. The second kappa shape index (κ2) is 3.13. The molecular formula is C11H13NO. The van der Waals surface area contributed by atoms with Gasteiger partial charge in [0.2, 0.25) is 0 Å². The lowest BCUT2D eigenvalue weighted by molar-refractivity contribution is 0.179. The lowest BCUT2D eigenvalue weighted by atomic mass is 10.1. The number of hydrogen-bond acceptors (Lipinski definition) is 1. The molecule has 1 aromatic carbocycles. The van der Waals surface area contributed by atoms with E-state index in [1.54, 1.807) is 7.11 Å². The molecule has 0 N–H and O–H groups in total. The molecule has 0 aliphatic heterocycles. The highest BCUT2D eigenvalue weighted by Crippen LogP contribution is 2.20. The van der Waals surface area contributed by atoms with Crippen LogP contribution in [0.3, 0.4) is 0 Å².